The third-order valence-electron chi connectivity index (χ3n) is 6.00. The van der Waals surface area contributed by atoms with E-state index in [4.69, 9.17) is 18.9 Å². The topological polar surface area (TPSA) is 203 Å². The Bertz CT molecular complexity index is 1230. The number of hydrogen-bond acceptors (Lipinski definition) is 12. The van der Waals surface area contributed by atoms with Gasteiger partial charge in [0.25, 0.3) is 23.6 Å². The van der Waals surface area contributed by atoms with Gasteiger partial charge >= 0.3 is 0 Å². The first kappa shape index (κ1) is 28.4. The van der Waals surface area contributed by atoms with Crippen LogP contribution in [0.3, 0.4) is 0 Å². The van der Waals surface area contributed by atoms with Crippen LogP contribution in [0.2, 0.25) is 0 Å². The average molecular weight is 577 g/mol. The van der Waals surface area contributed by atoms with Crippen LogP contribution in [0.1, 0.15) is 22.3 Å². The van der Waals surface area contributed by atoms with Crippen molar-refractivity contribution < 1.29 is 38.1 Å². The molecule has 0 aromatic heterocycles. The van der Waals surface area contributed by atoms with E-state index in [-0.39, 0.29) is 13.6 Å². The number of rotatable bonds is 0. The molecule has 2 saturated heterocycles. The van der Waals surface area contributed by atoms with Gasteiger partial charge in [0.1, 0.15) is 13.6 Å². The Labute approximate surface area is 237 Å². The summed E-state index contributed by atoms with van der Waals surface area (Å²) in [6.45, 7) is -0.504. The molecule has 0 spiro atoms. The zero-order valence-electron chi connectivity index (χ0n) is 21.7. The molecule has 42 heavy (non-hydrogen) atoms. The van der Waals surface area contributed by atoms with E-state index in [0.717, 1.165) is 0 Å². The lowest BCUT2D eigenvalue weighted by molar-refractivity contribution is -0.137. The largest absolute Gasteiger partial charge is 0.339 e. The summed E-state index contributed by atoms with van der Waals surface area (Å²) in [6.07, 6.45) is 0.653. The van der Waals surface area contributed by atoms with E-state index in [0.29, 0.717) is 22.3 Å². The van der Waals surface area contributed by atoms with Crippen molar-refractivity contribution in [1.29, 1.82) is 0 Å². The van der Waals surface area contributed by atoms with Gasteiger partial charge in [-0.15, -0.1) is 0 Å². The molecule has 8 rings (SSSR count). The van der Waals surface area contributed by atoms with Crippen LogP contribution in [0.25, 0.3) is 0 Å². The van der Waals surface area contributed by atoms with Gasteiger partial charge in [-0.2, -0.15) is 20.4 Å². The summed E-state index contributed by atoms with van der Waals surface area (Å²) >= 11 is 0. The first-order valence-corrected chi connectivity index (χ1v) is 12.5. The van der Waals surface area contributed by atoms with Crippen molar-refractivity contribution in [3.05, 3.63) is 70.8 Å². The molecule has 216 valence electrons. The lowest BCUT2D eigenvalue weighted by atomic mass is 10.1. The molecular weight excluding hydrogens is 552 g/mol. The zero-order valence-corrected chi connectivity index (χ0v) is 21.7. The van der Waals surface area contributed by atoms with Gasteiger partial charge < -0.3 is 18.9 Å². The highest BCUT2D eigenvalue weighted by molar-refractivity contribution is 5.94. The summed E-state index contributed by atoms with van der Waals surface area (Å²) in [7, 11) is 0. The molecule has 4 N–H and O–H groups in total. The Morgan fingerprint density at radius 3 is 0.857 bits per heavy atom. The summed E-state index contributed by atoms with van der Waals surface area (Å²) in [6, 6.07) is 13.5. The van der Waals surface area contributed by atoms with Crippen molar-refractivity contribution in [2.75, 3.05) is 13.6 Å². The first-order chi connectivity index (χ1) is 20.5. The molecule has 0 unspecified atom stereocenters. The fraction of sp³-hybridized carbons (Fsp3) is 0.231. The van der Waals surface area contributed by atoms with Crippen LogP contribution in [0.5, 0.6) is 0 Å². The van der Waals surface area contributed by atoms with E-state index in [1.807, 2.05) is 0 Å². The smallest absolute Gasteiger partial charge is 0.272 e. The van der Waals surface area contributed by atoms with Crippen LogP contribution >= 0.6 is 0 Å². The molecular formula is C26H24N8O8. The molecule has 16 heteroatoms. The van der Waals surface area contributed by atoms with E-state index < -0.39 is 48.0 Å². The summed E-state index contributed by atoms with van der Waals surface area (Å²) in [5.41, 5.74) is 11.9. The molecule has 6 heterocycles. The normalized spacial score (nSPS) is 26.7. The molecule has 4 atom stereocenters. The number of nitrogens with one attached hydrogen (secondary N) is 4. The van der Waals surface area contributed by atoms with Gasteiger partial charge in [-0.1, -0.05) is 48.5 Å². The fourth-order valence-corrected chi connectivity index (χ4v) is 3.85. The van der Waals surface area contributed by atoms with Gasteiger partial charge in [-0.25, -0.2) is 21.7 Å². The van der Waals surface area contributed by atoms with Gasteiger partial charge in [-0.3, -0.25) is 19.2 Å². The molecule has 0 aliphatic carbocycles. The molecule has 2 aromatic carbocycles. The summed E-state index contributed by atoms with van der Waals surface area (Å²) in [5.74, 6) is -2.69. The van der Waals surface area contributed by atoms with Crippen LogP contribution in [-0.2, 0) is 38.1 Å². The predicted octanol–water partition coefficient (Wildman–Crippen LogP) is -1.32. The SMILES string of the molecule is O=C1NN=Cc2ccc(cc2)/C=N\NC(=O)[C@H]2OCO[C@@H]2C(=O)NN=Cc2ccc(cc2)/C=N\NC(=O)[C@H]2OCO[C@H]12. The van der Waals surface area contributed by atoms with Gasteiger partial charge in [0, 0.05) is 0 Å². The average Bonchev–Trinajstić information content (AvgIpc) is 3.69. The van der Waals surface area contributed by atoms with Crippen molar-refractivity contribution >= 4 is 48.5 Å². The molecule has 6 aliphatic heterocycles. The standard InChI is InChI=1S/C26H24N8O8/c35-23-19-20(40-13-39-19)25(37)33-29-11-17-5-7-18(8-6-17)12-30-34-26(38)22-21(41-14-42-22)24(36)32-28-10-16-2-1-15(3-4-16)9-27-31-23/h1-12,19-22H,13-14H2,(H,31,35)(H,32,36)(H,33,37)(H,34,38)/b27-9-,28-10?,29-11?,30-12-/t19-,20-,21-,22-/m0/s1. The lowest BCUT2D eigenvalue weighted by Crippen LogP contribution is -2.45. The van der Waals surface area contributed by atoms with E-state index >= 15 is 0 Å². The highest BCUT2D eigenvalue weighted by atomic mass is 16.7. The minimum atomic E-state index is -1.23. The molecule has 4 bridgehead atoms. The summed E-state index contributed by atoms with van der Waals surface area (Å²) in [4.78, 5) is 50.2. The maximum atomic E-state index is 12.5. The molecule has 16 nitrogen and oxygen atoms in total. The Kier molecular flexibility index (Phi) is 9.10. The fourth-order valence-electron chi connectivity index (χ4n) is 3.85. The third kappa shape index (κ3) is 7.12. The van der Waals surface area contributed by atoms with E-state index in [9.17, 15) is 19.2 Å². The highest BCUT2D eigenvalue weighted by Crippen LogP contribution is 2.15. The number of hydrogen-bond donors (Lipinski definition) is 4. The number of amides is 4. The van der Waals surface area contributed by atoms with Crippen LogP contribution in [0.15, 0.2) is 68.9 Å². The molecule has 2 fully saturated rings. The minimum Gasteiger partial charge on any atom is -0.339 e. The Morgan fingerprint density at radius 2 is 0.643 bits per heavy atom. The van der Waals surface area contributed by atoms with Crippen LogP contribution < -0.4 is 21.7 Å². The van der Waals surface area contributed by atoms with Gasteiger partial charge in [0.15, 0.2) is 24.4 Å². The van der Waals surface area contributed by atoms with Crippen molar-refractivity contribution in [3.63, 3.8) is 0 Å². The third-order valence-corrected chi connectivity index (χ3v) is 6.00. The van der Waals surface area contributed by atoms with Crippen molar-refractivity contribution in [1.82, 2.24) is 21.7 Å². The number of hydrazone groups is 4. The molecule has 0 saturated carbocycles. The van der Waals surface area contributed by atoms with Crippen LogP contribution in [-0.4, -0.2) is 86.5 Å². The van der Waals surface area contributed by atoms with Crippen LogP contribution in [0, 0.1) is 0 Å². The molecule has 6 aliphatic rings. The summed E-state index contributed by atoms with van der Waals surface area (Å²) in [5, 5.41) is 15.6. The highest BCUT2D eigenvalue weighted by Gasteiger charge is 2.41. The number of ether oxygens (including phenoxy) is 4. The van der Waals surface area contributed by atoms with E-state index in [1.54, 1.807) is 48.5 Å². The van der Waals surface area contributed by atoms with Crippen molar-refractivity contribution in [3.8, 4) is 0 Å². The molecule has 0 radical (unpaired) electrons. The van der Waals surface area contributed by atoms with E-state index in [2.05, 4.69) is 42.1 Å². The second-order valence-electron chi connectivity index (χ2n) is 8.86. The molecule has 2 aromatic rings. The Hall–Kier alpha value is -5.16. The Morgan fingerprint density at radius 1 is 0.429 bits per heavy atom. The zero-order chi connectivity index (χ0) is 29.3. The molecule has 4 amide bonds. The van der Waals surface area contributed by atoms with Crippen LogP contribution in [0.4, 0.5) is 0 Å². The maximum Gasteiger partial charge on any atom is 0.272 e. The number of nitrogens with zero attached hydrogens (tertiary/aromatic N) is 4. The van der Waals surface area contributed by atoms with Crippen molar-refractivity contribution in [2.24, 2.45) is 20.4 Å². The van der Waals surface area contributed by atoms with Gasteiger partial charge in [0.2, 0.25) is 0 Å². The summed E-state index contributed by atoms with van der Waals surface area (Å²) < 4.78 is 21.0. The number of carbonyl (C=O) groups is 4. The van der Waals surface area contributed by atoms with E-state index in [1.165, 1.54) is 24.9 Å². The predicted molar refractivity (Wildman–Crippen MR) is 145 cm³/mol. The monoisotopic (exact) mass is 576 g/mol. The quantitative estimate of drug-likeness (QED) is 0.296. The second kappa shape index (κ2) is 13.5. The lowest BCUT2D eigenvalue weighted by Gasteiger charge is -2.13. The minimum absolute atomic E-state index is 0.252. The number of benzene rings is 2. The second-order valence-corrected chi connectivity index (χ2v) is 8.86. The maximum absolute atomic E-state index is 12.5. The first-order valence-electron chi connectivity index (χ1n) is 12.5. The van der Waals surface area contributed by atoms with Gasteiger partial charge in [-0.05, 0) is 22.3 Å². The Balaban J connectivity index is 1.32. The van der Waals surface area contributed by atoms with Crippen molar-refractivity contribution in [2.45, 2.75) is 24.4 Å². The van der Waals surface area contributed by atoms with Gasteiger partial charge in [0.05, 0.1) is 24.9 Å². The number of carbonyl (C=O) groups excluding carboxylic acids is 4.